The molecule has 0 aliphatic carbocycles. The number of aliphatic hydroxyl groups excluding tert-OH is 1. The minimum atomic E-state index is -4.69. The maximum Gasteiger partial charge on any atom is 0.418 e. The molecule has 3 aromatic rings. The number of aryl methyl sites for hydroxylation is 1. The molecule has 0 saturated carbocycles. The van der Waals surface area contributed by atoms with E-state index in [0.29, 0.717) is 10.8 Å². The molecule has 0 aromatic heterocycles. The van der Waals surface area contributed by atoms with Gasteiger partial charge in [-0.3, -0.25) is 0 Å². The third kappa shape index (κ3) is 2.16. The second kappa shape index (κ2) is 4.74. The molecule has 1 atom stereocenters. The maximum absolute atomic E-state index is 13.0. The second-order valence-corrected chi connectivity index (χ2v) is 5.07. The molecule has 0 aliphatic rings. The summed E-state index contributed by atoms with van der Waals surface area (Å²) in [5.74, 6) is 0. The molecule has 1 N–H and O–H groups in total. The van der Waals surface area contributed by atoms with Gasteiger partial charge in [0.15, 0.2) is 6.10 Å². The molecule has 0 unspecified atom stereocenters. The zero-order chi connectivity index (χ0) is 15.2. The van der Waals surface area contributed by atoms with Crippen LogP contribution in [0.25, 0.3) is 21.5 Å². The summed E-state index contributed by atoms with van der Waals surface area (Å²) in [6.45, 7) is 1.88. The lowest BCUT2D eigenvalue weighted by atomic mass is 9.90. The van der Waals surface area contributed by atoms with Crippen molar-refractivity contribution in [2.45, 2.75) is 19.2 Å². The van der Waals surface area contributed by atoms with Crippen LogP contribution < -0.4 is 0 Å². The van der Waals surface area contributed by atoms with Crippen LogP contribution in [0.1, 0.15) is 17.2 Å². The molecule has 0 spiro atoms. The summed E-state index contributed by atoms with van der Waals surface area (Å²) in [6, 6.07) is 13.7. The summed E-state index contributed by atoms with van der Waals surface area (Å²) in [7, 11) is 0. The van der Waals surface area contributed by atoms with Crippen LogP contribution in [0.5, 0.6) is 0 Å². The molecule has 21 heavy (non-hydrogen) atoms. The first-order valence-corrected chi connectivity index (χ1v) is 6.56. The Labute approximate surface area is 119 Å². The molecule has 0 saturated heterocycles. The number of rotatable bonds is 1. The van der Waals surface area contributed by atoms with Crippen molar-refractivity contribution in [3.63, 3.8) is 0 Å². The third-order valence-corrected chi connectivity index (χ3v) is 3.83. The number of aliphatic hydroxyl groups is 1. The Morgan fingerprint density at radius 1 is 0.810 bits per heavy atom. The summed E-state index contributed by atoms with van der Waals surface area (Å²) in [5, 5.41) is 12.2. The highest BCUT2D eigenvalue weighted by Crippen LogP contribution is 2.41. The van der Waals surface area contributed by atoms with Crippen LogP contribution in [0.4, 0.5) is 13.2 Å². The van der Waals surface area contributed by atoms with Gasteiger partial charge in [-0.05, 0) is 34.0 Å². The lowest BCUT2D eigenvalue weighted by molar-refractivity contribution is -0.206. The first kappa shape index (κ1) is 13.9. The van der Waals surface area contributed by atoms with Gasteiger partial charge in [0.1, 0.15) is 0 Å². The first-order valence-electron chi connectivity index (χ1n) is 6.56. The number of hydrogen-bond donors (Lipinski definition) is 1. The number of fused-ring (bicyclic) bond motifs is 2. The fraction of sp³-hybridized carbons (Fsp3) is 0.176. The van der Waals surface area contributed by atoms with E-state index in [2.05, 4.69) is 0 Å². The Bertz CT molecular complexity index is 764. The molecule has 0 heterocycles. The van der Waals surface area contributed by atoms with Crippen LogP contribution in [0.3, 0.4) is 0 Å². The van der Waals surface area contributed by atoms with Crippen molar-refractivity contribution in [1.82, 2.24) is 0 Å². The summed E-state index contributed by atoms with van der Waals surface area (Å²) in [6.07, 6.45) is -7.19. The normalized spacial score (nSPS) is 13.8. The number of hydrogen-bond acceptors (Lipinski definition) is 1. The van der Waals surface area contributed by atoms with Gasteiger partial charge in [0.2, 0.25) is 0 Å². The Morgan fingerprint density at radius 2 is 1.19 bits per heavy atom. The molecule has 3 aromatic carbocycles. The van der Waals surface area contributed by atoms with Gasteiger partial charge in [-0.1, -0.05) is 48.5 Å². The molecule has 0 fully saturated rings. The van der Waals surface area contributed by atoms with E-state index in [1.165, 1.54) is 0 Å². The minimum Gasteiger partial charge on any atom is -0.379 e. The molecule has 108 valence electrons. The zero-order valence-electron chi connectivity index (χ0n) is 11.3. The van der Waals surface area contributed by atoms with Crippen LogP contribution in [0.15, 0.2) is 48.5 Å². The molecular formula is C17H13F3O. The van der Waals surface area contributed by atoms with Gasteiger partial charge in [0.25, 0.3) is 0 Å². The molecule has 0 amide bonds. The van der Waals surface area contributed by atoms with Gasteiger partial charge in [-0.25, -0.2) is 0 Å². The Morgan fingerprint density at radius 3 is 1.57 bits per heavy atom. The van der Waals surface area contributed by atoms with Crippen molar-refractivity contribution < 1.29 is 18.3 Å². The number of alkyl halides is 3. The van der Waals surface area contributed by atoms with Crippen LogP contribution in [-0.4, -0.2) is 11.3 Å². The van der Waals surface area contributed by atoms with Gasteiger partial charge in [-0.2, -0.15) is 13.2 Å². The Kier molecular flexibility index (Phi) is 3.14. The smallest absolute Gasteiger partial charge is 0.379 e. The largest absolute Gasteiger partial charge is 0.418 e. The van der Waals surface area contributed by atoms with E-state index >= 15 is 0 Å². The van der Waals surface area contributed by atoms with Crippen molar-refractivity contribution in [1.29, 1.82) is 0 Å². The van der Waals surface area contributed by atoms with E-state index in [-0.39, 0.29) is 5.56 Å². The molecule has 0 bridgehead atoms. The third-order valence-electron chi connectivity index (χ3n) is 3.83. The summed E-state index contributed by atoms with van der Waals surface area (Å²) < 4.78 is 39.1. The fourth-order valence-corrected chi connectivity index (χ4v) is 2.84. The first-order chi connectivity index (χ1) is 9.91. The van der Waals surface area contributed by atoms with E-state index in [1.54, 1.807) is 48.5 Å². The molecule has 3 rings (SSSR count). The molecule has 4 heteroatoms. The van der Waals surface area contributed by atoms with Crippen molar-refractivity contribution in [3.05, 3.63) is 59.7 Å². The van der Waals surface area contributed by atoms with Gasteiger partial charge < -0.3 is 5.11 Å². The fourth-order valence-electron chi connectivity index (χ4n) is 2.84. The average molecular weight is 290 g/mol. The lowest BCUT2D eigenvalue weighted by Gasteiger charge is -2.21. The maximum atomic E-state index is 13.0. The number of benzene rings is 3. The number of halogens is 3. The highest BCUT2D eigenvalue weighted by Gasteiger charge is 2.41. The van der Waals surface area contributed by atoms with Crippen molar-refractivity contribution in [2.75, 3.05) is 0 Å². The van der Waals surface area contributed by atoms with Crippen LogP contribution in [0, 0.1) is 6.92 Å². The van der Waals surface area contributed by atoms with E-state index in [1.807, 2.05) is 6.92 Å². The van der Waals surface area contributed by atoms with Crippen LogP contribution in [-0.2, 0) is 0 Å². The van der Waals surface area contributed by atoms with E-state index in [0.717, 1.165) is 16.3 Å². The Balaban J connectivity index is 2.52. The monoisotopic (exact) mass is 290 g/mol. The van der Waals surface area contributed by atoms with Crippen LogP contribution >= 0.6 is 0 Å². The Hall–Kier alpha value is -2.07. The van der Waals surface area contributed by atoms with Gasteiger partial charge >= 0.3 is 6.18 Å². The van der Waals surface area contributed by atoms with E-state index < -0.39 is 12.3 Å². The van der Waals surface area contributed by atoms with Crippen molar-refractivity contribution in [2.24, 2.45) is 0 Å². The summed E-state index contributed by atoms with van der Waals surface area (Å²) in [5.41, 5.74) is 0.846. The quantitative estimate of drug-likeness (QED) is 0.632. The predicted molar refractivity (Wildman–Crippen MR) is 77.2 cm³/mol. The minimum absolute atomic E-state index is 0.0701. The summed E-state index contributed by atoms with van der Waals surface area (Å²) in [4.78, 5) is 0. The average Bonchev–Trinajstić information content (AvgIpc) is 2.46. The van der Waals surface area contributed by atoms with E-state index in [9.17, 15) is 18.3 Å². The van der Waals surface area contributed by atoms with Gasteiger partial charge in [-0.15, -0.1) is 0 Å². The highest BCUT2D eigenvalue weighted by atomic mass is 19.4. The topological polar surface area (TPSA) is 20.2 Å². The molecule has 0 aliphatic heterocycles. The SMILES string of the molecule is Cc1c2ccccc2c([C@@H](O)C(F)(F)F)c2ccccc12. The van der Waals surface area contributed by atoms with E-state index in [4.69, 9.17) is 0 Å². The summed E-state index contributed by atoms with van der Waals surface area (Å²) >= 11 is 0. The van der Waals surface area contributed by atoms with Crippen LogP contribution in [0.2, 0.25) is 0 Å². The molecule has 0 radical (unpaired) electrons. The molecular weight excluding hydrogens is 277 g/mol. The van der Waals surface area contributed by atoms with Crippen molar-refractivity contribution in [3.8, 4) is 0 Å². The second-order valence-electron chi connectivity index (χ2n) is 5.07. The van der Waals surface area contributed by atoms with Gasteiger partial charge in [0, 0.05) is 5.56 Å². The lowest BCUT2D eigenvalue weighted by Crippen LogP contribution is -2.21. The van der Waals surface area contributed by atoms with Crippen molar-refractivity contribution >= 4 is 21.5 Å². The standard InChI is InChI=1S/C17H13F3O/c1-10-11-6-2-4-8-13(11)15(16(21)17(18,19)20)14-9-5-3-7-12(10)14/h2-9,16,21H,1H3/t16-/m1/s1. The predicted octanol–water partition coefficient (Wildman–Crippen LogP) is 4.90. The highest BCUT2D eigenvalue weighted by molar-refractivity contribution is 6.05. The zero-order valence-corrected chi connectivity index (χ0v) is 11.3. The van der Waals surface area contributed by atoms with Gasteiger partial charge in [0.05, 0.1) is 0 Å². The molecule has 1 nitrogen and oxygen atoms in total.